The molecule has 0 unspecified atom stereocenters. The number of nitrogens with zero attached hydrogens (tertiary/aromatic N) is 1. The summed E-state index contributed by atoms with van der Waals surface area (Å²) < 4.78 is 0. The number of hydrogen-bond acceptors (Lipinski definition) is 3. The molecule has 0 aromatic heterocycles. The normalized spacial score (nSPS) is 15.3. The van der Waals surface area contributed by atoms with Crippen molar-refractivity contribution >= 4 is 17.5 Å². The molecule has 1 saturated heterocycles. The van der Waals surface area contributed by atoms with E-state index in [9.17, 15) is 9.59 Å². The predicted molar refractivity (Wildman–Crippen MR) is 108 cm³/mol. The van der Waals surface area contributed by atoms with Gasteiger partial charge in [-0.05, 0) is 56.5 Å². The Morgan fingerprint density at radius 1 is 1.04 bits per heavy atom. The average molecular weight is 365 g/mol. The number of carbonyl (C=O) groups excluding carboxylic acids is 2. The van der Waals surface area contributed by atoms with Gasteiger partial charge in [0.15, 0.2) is 5.78 Å². The van der Waals surface area contributed by atoms with Crippen LogP contribution in [-0.2, 0) is 0 Å². The number of Topliss-reactive ketones (excluding diaryl/α,β-unsaturated/α-hetero) is 1. The Hall–Kier alpha value is -2.66. The molecular formula is C22H27N3O2. The van der Waals surface area contributed by atoms with E-state index in [2.05, 4.69) is 45.9 Å². The van der Waals surface area contributed by atoms with Gasteiger partial charge < -0.3 is 15.5 Å². The third kappa shape index (κ3) is 5.66. The molecule has 2 N–H and O–H groups in total. The van der Waals surface area contributed by atoms with Gasteiger partial charge in [-0.3, -0.25) is 4.79 Å². The van der Waals surface area contributed by atoms with Gasteiger partial charge in [0.25, 0.3) is 0 Å². The summed E-state index contributed by atoms with van der Waals surface area (Å²) in [6, 6.07) is 17.4. The van der Waals surface area contributed by atoms with Crippen molar-refractivity contribution in [3.63, 3.8) is 0 Å². The number of ketones is 1. The van der Waals surface area contributed by atoms with Crippen molar-refractivity contribution in [2.24, 2.45) is 0 Å². The SMILES string of the molecule is CC(=O)c1cccc(NC(=O)NCCN2CCC(c3ccccc3)CC2)c1. The van der Waals surface area contributed by atoms with Gasteiger partial charge in [-0.25, -0.2) is 4.79 Å². The van der Waals surface area contributed by atoms with Gasteiger partial charge in [0.2, 0.25) is 0 Å². The number of rotatable bonds is 6. The molecule has 27 heavy (non-hydrogen) atoms. The molecule has 142 valence electrons. The van der Waals surface area contributed by atoms with Crippen LogP contribution in [0.4, 0.5) is 10.5 Å². The predicted octanol–water partition coefficient (Wildman–Crippen LogP) is 3.89. The molecule has 5 nitrogen and oxygen atoms in total. The third-order valence-electron chi connectivity index (χ3n) is 5.10. The van der Waals surface area contributed by atoms with E-state index in [0.29, 0.717) is 23.7 Å². The molecule has 1 aliphatic heterocycles. The fourth-order valence-electron chi connectivity index (χ4n) is 3.53. The van der Waals surface area contributed by atoms with Crippen molar-refractivity contribution < 1.29 is 9.59 Å². The number of hydrogen-bond donors (Lipinski definition) is 2. The maximum Gasteiger partial charge on any atom is 0.319 e. The summed E-state index contributed by atoms with van der Waals surface area (Å²) >= 11 is 0. The van der Waals surface area contributed by atoms with Crippen LogP contribution in [0.1, 0.15) is 41.6 Å². The first-order chi connectivity index (χ1) is 13.1. The molecular weight excluding hydrogens is 338 g/mol. The third-order valence-corrected chi connectivity index (χ3v) is 5.10. The molecule has 0 radical (unpaired) electrons. The summed E-state index contributed by atoms with van der Waals surface area (Å²) in [6.45, 7) is 5.09. The molecule has 0 aliphatic carbocycles. The minimum Gasteiger partial charge on any atom is -0.337 e. The number of nitrogens with one attached hydrogen (secondary N) is 2. The van der Waals surface area contributed by atoms with Crippen LogP contribution in [0.5, 0.6) is 0 Å². The van der Waals surface area contributed by atoms with E-state index in [1.165, 1.54) is 12.5 Å². The number of carbonyl (C=O) groups is 2. The van der Waals surface area contributed by atoms with Gasteiger partial charge >= 0.3 is 6.03 Å². The number of piperidine rings is 1. The topological polar surface area (TPSA) is 61.4 Å². The van der Waals surface area contributed by atoms with Crippen molar-refractivity contribution in [3.05, 3.63) is 65.7 Å². The molecule has 1 fully saturated rings. The van der Waals surface area contributed by atoms with Crippen molar-refractivity contribution in [3.8, 4) is 0 Å². The molecule has 0 spiro atoms. The molecule has 1 aliphatic rings. The molecule has 3 rings (SSSR count). The Balaban J connectivity index is 1.37. The second-order valence-electron chi connectivity index (χ2n) is 7.04. The zero-order valence-corrected chi connectivity index (χ0v) is 15.8. The fraction of sp³-hybridized carbons (Fsp3) is 0.364. The van der Waals surface area contributed by atoms with Gasteiger partial charge in [-0.1, -0.05) is 42.5 Å². The number of urea groups is 1. The summed E-state index contributed by atoms with van der Waals surface area (Å²) in [7, 11) is 0. The van der Waals surface area contributed by atoms with Gasteiger partial charge in [-0.2, -0.15) is 0 Å². The Morgan fingerprint density at radius 3 is 2.48 bits per heavy atom. The maximum absolute atomic E-state index is 12.0. The molecule has 5 heteroatoms. The van der Waals surface area contributed by atoms with Crippen molar-refractivity contribution in [2.75, 3.05) is 31.5 Å². The smallest absolute Gasteiger partial charge is 0.319 e. The van der Waals surface area contributed by atoms with Crippen molar-refractivity contribution in [2.45, 2.75) is 25.7 Å². The lowest BCUT2D eigenvalue weighted by Crippen LogP contribution is -2.40. The minimum absolute atomic E-state index is 0.0158. The Labute approximate surface area is 160 Å². The first kappa shape index (κ1) is 19.1. The number of amides is 2. The summed E-state index contributed by atoms with van der Waals surface area (Å²) in [6.07, 6.45) is 2.32. The summed E-state index contributed by atoms with van der Waals surface area (Å²) in [5.74, 6) is 0.630. The van der Waals surface area contributed by atoms with Crippen molar-refractivity contribution in [1.29, 1.82) is 0 Å². The van der Waals surface area contributed by atoms with E-state index >= 15 is 0 Å². The molecule has 2 aromatic carbocycles. The van der Waals surface area contributed by atoms with E-state index < -0.39 is 0 Å². The standard InChI is InChI=1S/C22H27N3O2/c1-17(26)20-8-5-9-21(16-20)24-22(27)23-12-15-25-13-10-19(11-14-25)18-6-3-2-4-7-18/h2-9,16,19H,10-15H2,1H3,(H2,23,24,27). The lowest BCUT2D eigenvalue weighted by molar-refractivity contribution is 0.101. The summed E-state index contributed by atoms with van der Waals surface area (Å²) in [5.41, 5.74) is 2.65. The van der Waals surface area contributed by atoms with Gasteiger partial charge in [0.05, 0.1) is 0 Å². The molecule has 0 bridgehead atoms. The molecule has 0 saturated carbocycles. The van der Waals surface area contributed by atoms with Crippen LogP contribution in [0.25, 0.3) is 0 Å². The monoisotopic (exact) mass is 365 g/mol. The van der Waals surface area contributed by atoms with E-state index in [1.54, 1.807) is 24.3 Å². The van der Waals surface area contributed by atoms with Gasteiger partial charge in [0, 0.05) is 24.3 Å². The van der Waals surface area contributed by atoms with E-state index in [4.69, 9.17) is 0 Å². The van der Waals surface area contributed by atoms with Crippen LogP contribution >= 0.6 is 0 Å². The second kappa shape index (κ2) is 9.33. The van der Waals surface area contributed by atoms with Crippen LogP contribution in [-0.4, -0.2) is 42.9 Å². The highest BCUT2D eigenvalue weighted by Crippen LogP contribution is 2.27. The first-order valence-corrected chi connectivity index (χ1v) is 9.55. The highest BCUT2D eigenvalue weighted by atomic mass is 16.2. The number of benzene rings is 2. The van der Waals surface area contributed by atoms with Crippen molar-refractivity contribution in [1.82, 2.24) is 10.2 Å². The van der Waals surface area contributed by atoms with Crippen LogP contribution < -0.4 is 10.6 Å². The van der Waals surface area contributed by atoms with Crippen LogP contribution in [0.2, 0.25) is 0 Å². The Morgan fingerprint density at radius 2 is 1.78 bits per heavy atom. The van der Waals surface area contributed by atoms with Crippen LogP contribution in [0.15, 0.2) is 54.6 Å². The quantitative estimate of drug-likeness (QED) is 0.764. The molecule has 2 amide bonds. The van der Waals surface area contributed by atoms with Gasteiger partial charge in [-0.15, -0.1) is 0 Å². The van der Waals surface area contributed by atoms with Crippen LogP contribution in [0.3, 0.4) is 0 Å². The zero-order valence-electron chi connectivity index (χ0n) is 15.8. The highest BCUT2D eigenvalue weighted by Gasteiger charge is 2.20. The number of likely N-dealkylation sites (tertiary alicyclic amines) is 1. The maximum atomic E-state index is 12.0. The Kier molecular flexibility index (Phi) is 6.60. The average Bonchev–Trinajstić information content (AvgIpc) is 2.69. The van der Waals surface area contributed by atoms with E-state index in [1.807, 2.05) is 0 Å². The Bertz CT molecular complexity index is 768. The lowest BCUT2D eigenvalue weighted by Gasteiger charge is -2.32. The second-order valence-corrected chi connectivity index (χ2v) is 7.04. The molecule has 0 atom stereocenters. The lowest BCUT2D eigenvalue weighted by atomic mass is 9.89. The number of anilines is 1. The van der Waals surface area contributed by atoms with Gasteiger partial charge in [0.1, 0.15) is 0 Å². The highest BCUT2D eigenvalue weighted by molar-refractivity contribution is 5.96. The van der Waals surface area contributed by atoms with Crippen LogP contribution in [0, 0.1) is 0 Å². The first-order valence-electron chi connectivity index (χ1n) is 9.55. The molecule has 2 aromatic rings. The molecule has 1 heterocycles. The minimum atomic E-state index is -0.241. The van der Waals surface area contributed by atoms with E-state index in [-0.39, 0.29) is 11.8 Å². The zero-order chi connectivity index (χ0) is 19.1. The summed E-state index contributed by atoms with van der Waals surface area (Å²) in [4.78, 5) is 25.9. The largest absolute Gasteiger partial charge is 0.337 e. The van der Waals surface area contributed by atoms with E-state index in [0.717, 1.165) is 32.5 Å². The fourth-order valence-corrected chi connectivity index (χ4v) is 3.53. The summed E-state index contributed by atoms with van der Waals surface area (Å²) in [5, 5.41) is 5.68.